The van der Waals surface area contributed by atoms with Gasteiger partial charge in [0.2, 0.25) is 9.84 Å². The number of rotatable bonds is 2. The molecule has 0 N–H and O–H groups in total. The van der Waals surface area contributed by atoms with Gasteiger partial charge in [-0.3, -0.25) is 4.98 Å². The Morgan fingerprint density at radius 1 is 1.00 bits per heavy atom. The van der Waals surface area contributed by atoms with Crippen molar-refractivity contribution in [3.05, 3.63) is 77.0 Å². The van der Waals surface area contributed by atoms with Gasteiger partial charge >= 0.3 is 0 Å². The third-order valence-electron chi connectivity index (χ3n) is 3.40. The second-order valence-corrected chi connectivity index (χ2v) is 6.61. The lowest BCUT2D eigenvalue weighted by molar-refractivity contribution is 0.602. The Bertz CT molecular complexity index is 945. The maximum atomic E-state index is 12.8. The van der Waals surface area contributed by atoms with Crippen molar-refractivity contribution < 1.29 is 8.42 Å². The number of sulfone groups is 1. The molecule has 1 aromatic heterocycles. The van der Waals surface area contributed by atoms with E-state index < -0.39 is 9.84 Å². The molecule has 0 bridgehead atoms. The summed E-state index contributed by atoms with van der Waals surface area (Å²) in [5.41, 5.74) is 4.36. The number of benzene rings is 1. The summed E-state index contributed by atoms with van der Waals surface area (Å²) in [6.45, 7) is 9.81. The SMILES string of the molecule is CC.CC.Cc1c(S(=O)(=O)C2=CC=C=CC=C2)cnc2ccccc12. The molecule has 4 heteroatoms. The van der Waals surface area contributed by atoms with Gasteiger partial charge in [0.15, 0.2) is 0 Å². The molecule has 0 unspecified atom stereocenters. The van der Waals surface area contributed by atoms with E-state index in [1.165, 1.54) is 6.20 Å². The van der Waals surface area contributed by atoms with Gasteiger partial charge in [-0.25, -0.2) is 8.42 Å². The number of para-hydroxylation sites is 1. The number of hydrogen-bond donors (Lipinski definition) is 0. The number of allylic oxidation sites excluding steroid dienone is 4. The minimum absolute atomic E-state index is 0.240. The van der Waals surface area contributed by atoms with Crippen LogP contribution in [0, 0.1) is 6.92 Å². The fraction of sp³-hybridized carbons (Fsp3) is 0.238. The summed E-state index contributed by atoms with van der Waals surface area (Å²) in [7, 11) is -3.59. The van der Waals surface area contributed by atoms with E-state index in [4.69, 9.17) is 0 Å². The van der Waals surface area contributed by atoms with Crippen LogP contribution in [-0.2, 0) is 9.84 Å². The van der Waals surface area contributed by atoms with Gasteiger partial charge < -0.3 is 0 Å². The summed E-state index contributed by atoms with van der Waals surface area (Å²) in [6, 6.07) is 7.52. The smallest absolute Gasteiger partial charge is 0.208 e. The fourth-order valence-corrected chi connectivity index (χ4v) is 3.74. The highest BCUT2D eigenvalue weighted by atomic mass is 32.2. The van der Waals surface area contributed by atoms with Crippen molar-refractivity contribution in [1.82, 2.24) is 4.98 Å². The van der Waals surface area contributed by atoms with E-state index in [1.807, 2.05) is 58.9 Å². The molecule has 0 radical (unpaired) electrons. The standard InChI is InChI=1S/C17H13NO2S.2C2H6/c1-13-15-10-6-7-11-16(15)18-12-17(13)21(19,20)14-8-4-2-3-5-9-14;2*1-2/h2,4-12H,1H3;2*1-2H3. The number of nitrogens with zero attached hydrogens (tertiary/aromatic N) is 1. The maximum absolute atomic E-state index is 12.8. The second-order valence-electron chi connectivity index (χ2n) is 4.70. The summed E-state index contributed by atoms with van der Waals surface area (Å²) < 4.78 is 25.6. The van der Waals surface area contributed by atoms with Crippen LogP contribution in [0.3, 0.4) is 0 Å². The maximum Gasteiger partial charge on any atom is 0.208 e. The van der Waals surface area contributed by atoms with E-state index in [0.717, 1.165) is 16.5 Å². The van der Waals surface area contributed by atoms with Crippen molar-refractivity contribution in [3.8, 4) is 0 Å². The molecule has 3 nitrogen and oxygen atoms in total. The van der Waals surface area contributed by atoms with Crippen LogP contribution >= 0.6 is 0 Å². The normalized spacial score (nSPS) is 12.4. The van der Waals surface area contributed by atoms with Crippen LogP contribution in [0.5, 0.6) is 0 Å². The quantitative estimate of drug-likeness (QED) is 0.665. The lowest BCUT2D eigenvalue weighted by Crippen LogP contribution is -2.06. The summed E-state index contributed by atoms with van der Waals surface area (Å²) in [4.78, 5) is 4.75. The Labute approximate surface area is 151 Å². The minimum Gasteiger partial charge on any atom is -0.255 e. The topological polar surface area (TPSA) is 47.0 Å². The van der Waals surface area contributed by atoms with Crippen LogP contribution in [-0.4, -0.2) is 13.4 Å². The molecule has 132 valence electrons. The predicted octanol–water partition coefficient (Wildman–Crippen LogP) is 5.53. The lowest BCUT2D eigenvalue weighted by atomic mass is 10.1. The van der Waals surface area contributed by atoms with Crippen LogP contribution in [0.25, 0.3) is 10.9 Å². The van der Waals surface area contributed by atoms with Crippen molar-refractivity contribution in [2.45, 2.75) is 39.5 Å². The van der Waals surface area contributed by atoms with Gasteiger partial charge in [0.05, 0.1) is 15.3 Å². The minimum atomic E-state index is -3.59. The first-order valence-corrected chi connectivity index (χ1v) is 9.98. The zero-order chi connectivity index (χ0) is 18.9. The first-order chi connectivity index (χ1) is 12.1. The number of aromatic nitrogens is 1. The molecule has 25 heavy (non-hydrogen) atoms. The number of fused-ring (bicyclic) bond motifs is 1. The van der Waals surface area contributed by atoms with E-state index >= 15 is 0 Å². The molecule has 0 spiro atoms. The monoisotopic (exact) mass is 355 g/mol. The zero-order valence-electron chi connectivity index (χ0n) is 15.4. The van der Waals surface area contributed by atoms with E-state index in [1.54, 1.807) is 30.4 Å². The lowest BCUT2D eigenvalue weighted by Gasteiger charge is -2.10. The second kappa shape index (κ2) is 9.77. The van der Waals surface area contributed by atoms with Crippen LogP contribution in [0.1, 0.15) is 33.3 Å². The van der Waals surface area contributed by atoms with Crippen LogP contribution in [0.2, 0.25) is 0 Å². The van der Waals surface area contributed by atoms with Gasteiger partial charge in [0, 0.05) is 11.6 Å². The Hall–Kier alpha value is -2.42. The third-order valence-corrected chi connectivity index (χ3v) is 5.28. The molecule has 1 aromatic carbocycles. The highest BCUT2D eigenvalue weighted by Gasteiger charge is 2.22. The molecule has 0 fully saturated rings. The highest BCUT2D eigenvalue weighted by Crippen LogP contribution is 2.28. The van der Waals surface area contributed by atoms with Crippen LogP contribution in [0.15, 0.2) is 76.4 Å². The van der Waals surface area contributed by atoms with Crippen molar-refractivity contribution in [2.75, 3.05) is 0 Å². The van der Waals surface area contributed by atoms with Gasteiger partial charge in [-0.15, -0.1) is 5.73 Å². The van der Waals surface area contributed by atoms with E-state index in [9.17, 15) is 8.42 Å². The van der Waals surface area contributed by atoms with Crippen molar-refractivity contribution in [3.63, 3.8) is 0 Å². The number of pyridine rings is 1. The van der Waals surface area contributed by atoms with Crippen molar-refractivity contribution >= 4 is 20.7 Å². The Morgan fingerprint density at radius 2 is 1.68 bits per heavy atom. The van der Waals surface area contributed by atoms with Crippen molar-refractivity contribution in [1.29, 1.82) is 0 Å². The van der Waals surface area contributed by atoms with Gasteiger partial charge in [-0.2, -0.15) is 0 Å². The molecule has 0 amide bonds. The Kier molecular flexibility index (Phi) is 8.06. The first kappa shape index (κ1) is 20.6. The van der Waals surface area contributed by atoms with Crippen LogP contribution < -0.4 is 0 Å². The summed E-state index contributed by atoms with van der Waals surface area (Å²) in [5, 5.41) is 0.852. The first-order valence-electron chi connectivity index (χ1n) is 8.49. The van der Waals surface area contributed by atoms with Crippen molar-refractivity contribution in [2.24, 2.45) is 0 Å². The molecule has 2 aromatic rings. The van der Waals surface area contributed by atoms with Crippen LogP contribution in [0.4, 0.5) is 0 Å². The molecular weight excluding hydrogens is 330 g/mol. The molecule has 1 aliphatic rings. The molecule has 1 aliphatic carbocycles. The third kappa shape index (κ3) is 4.56. The fourth-order valence-electron chi connectivity index (χ4n) is 2.28. The van der Waals surface area contributed by atoms with Gasteiger partial charge in [-0.1, -0.05) is 52.0 Å². The highest BCUT2D eigenvalue weighted by molar-refractivity contribution is 7.95. The van der Waals surface area contributed by atoms with E-state index in [-0.39, 0.29) is 9.80 Å². The number of aryl methyl sites for hydroxylation is 1. The number of hydrogen-bond acceptors (Lipinski definition) is 3. The summed E-state index contributed by atoms with van der Waals surface area (Å²) in [6.07, 6.45) is 9.48. The van der Waals surface area contributed by atoms with E-state index in [2.05, 4.69) is 10.7 Å². The summed E-state index contributed by atoms with van der Waals surface area (Å²) >= 11 is 0. The molecule has 0 aliphatic heterocycles. The van der Waals surface area contributed by atoms with Gasteiger partial charge in [0.1, 0.15) is 0 Å². The average Bonchev–Trinajstić information content (AvgIpc) is 2.95. The molecule has 0 saturated carbocycles. The average molecular weight is 356 g/mol. The summed E-state index contributed by atoms with van der Waals surface area (Å²) in [5.74, 6) is 0. The van der Waals surface area contributed by atoms with Gasteiger partial charge in [0.25, 0.3) is 0 Å². The largest absolute Gasteiger partial charge is 0.255 e. The zero-order valence-corrected chi connectivity index (χ0v) is 16.3. The Morgan fingerprint density at radius 3 is 2.40 bits per heavy atom. The van der Waals surface area contributed by atoms with E-state index in [0.29, 0.717) is 0 Å². The molecule has 0 saturated heterocycles. The molecule has 1 heterocycles. The molecular formula is C21H25NO2S. The Balaban J connectivity index is 0.000000730. The van der Waals surface area contributed by atoms with Gasteiger partial charge in [-0.05, 0) is 42.9 Å². The molecule has 0 atom stereocenters. The predicted molar refractivity (Wildman–Crippen MR) is 106 cm³/mol. The molecule has 3 rings (SSSR count).